The number of methoxy groups -OCH3 is 1. The molecule has 0 saturated heterocycles. The number of para-hydroxylation sites is 1. The molecule has 196 valence electrons. The number of hydrogen-bond acceptors (Lipinski definition) is 7. The van der Waals surface area contributed by atoms with Crippen LogP contribution < -0.4 is 0 Å². The van der Waals surface area contributed by atoms with Gasteiger partial charge in [0.1, 0.15) is 23.7 Å². The Hall–Kier alpha value is -3.71. The number of thiophene rings is 1. The van der Waals surface area contributed by atoms with Crippen molar-refractivity contribution >= 4 is 45.8 Å². The Bertz CT molecular complexity index is 1540. The van der Waals surface area contributed by atoms with Crippen LogP contribution in [0.15, 0.2) is 52.3 Å². The number of carbonyl (C=O) groups is 2. The van der Waals surface area contributed by atoms with Gasteiger partial charge in [-0.25, -0.2) is 14.6 Å². The highest BCUT2D eigenvalue weighted by Gasteiger charge is 2.35. The van der Waals surface area contributed by atoms with Gasteiger partial charge >= 0.3 is 11.9 Å². The zero-order chi connectivity index (χ0) is 27.0. The van der Waals surface area contributed by atoms with Gasteiger partial charge in [0.2, 0.25) is 0 Å². The predicted molar refractivity (Wildman–Crippen MR) is 149 cm³/mol. The van der Waals surface area contributed by atoms with Crippen molar-refractivity contribution in [3.8, 4) is 0 Å². The molecule has 0 spiro atoms. The Kier molecular flexibility index (Phi) is 6.97. The highest BCUT2D eigenvalue weighted by molar-refractivity contribution is 7.10. The summed E-state index contributed by atoms with van der Waals surface area (Å²) in [6, 6.07) is 13.4. The lowest BCUT2D eigenvalue weighted by Gasteiger charge is -2.36. The Morgan fingerprint density at radius 3 is 2.63 bits per heavy atom. The minimum absolute atomic E-state index is 0.0367. The zero-order valence-corrected chi connectivity index (χ0v) is 23.1. The van der Waals surface area contributed by atoms with E-state index in [4.69, 9.17) is 18.9 Å². The first-order valence-corrected chi connectivity index (χ1v) is 13.5. The van der Waals surface area contributed by atoms with E-state index >= 15 is 0 Å². The molecule has 1 aliphatic rings. The monoisotopic (exact) mass is 529 g/mol. The number of aromatic nitrogens is 1. The summed E-state index contributed by atoms with van der Waals surface area (Å²) >= 11 is 1.69. The van der Waals surface area contributed by atoms with Gasteiger partial charge in [0.15, 0.2) is 0 Å². The molecule has 0 aliphatic heterocycles. The third-order valence-corrected chi connectivity index (χ3v) is 8.04. The van der Waals surface area contributed by atoms with Crippen LogP contribution in [0.4, 0.5) is 0 Å². The summed E-state index contributed by atoms with van der Waals surface area (Å²) in [5.41, 5.74) is 4.59. The van der Waals surface area contributed by atoms with Gasteiger partial charge in [-0.1, -0.05) is 45.0 Å². The zero-order valence-electron chi connectivity index (χ0n) is 22.3. The SMILES string of the molecule is COC(=O)c1cc(COC(=O)c2c3c(nc4ccccc24)C(=Cc2cccs2)CC(C(C)(C)C)C3)oc1C. The van der Waals surface area contributed by atoms with Crippen molar-refractivity contribution in [2.24, 2.45) is 11.3 Å². The van der Waals surface area contributed by atoms with Crippen LogP contribution in [0, 0.1) is 18.3 Å². The second kappa shape index (κ2) is 10.2. The van der Waals surface area contributed by atoms with E-state index in [2.05, 4.69) is 38.3 Å². The van der Waals surface area contributed by atoms with E-state index in [1.807, 2.05) is 30.3 Å². The summed E-state index contributed by atoms with van der Waals surface area (Å²) in [6.45, 7) is 8.32. The average molecular weight is 530 g/mol. The van der Waals surface area contributed by atoms with E-state index in [0.29, 0.717) is 28.6 Å². The highest BCUT2D eigenvalue weighted by atomic mass is 32.1. The molecule has 1 unspecified atom stereocenters. The number of allylic oxidation sites excluding steroid dienone is 1. The maximum atomic E-state index is 13.8. The minimum atomic E-state index is -0.490. The fraction of sp³-hybridized carbons (Fsp3) is 0.323. The molecule has 3 heterocycles. The van der Waals surface area contributed by atoms with Crippen molar-refractivity contribution < 1.29 is 23.5 Å². The second-order valence-electron chi connectivity index (χ2n) is 10.7. The summed E-state index contributed by atoms with van der Waals surface area (Å²) in [5, 5.41) is 2.84. The van der Waals surface area contributed by atoms with E-state index < -0.39 is 11.9 Å². The number of ether oxygens (including phenoxy) is 2. The van der Waals surface area contributed by atoms with Crippen molar-refractivity contribution in [2.75, 3.05) is 7.11 Å². The normalized spacial score (nSPS) is 16.4. The van der Waals surface area contributed by atoms with E-state index in [1.165, 1.54) is 7.11 Å². The maximum Gasteiger partial charge on any atom is 0.341 e. The Morgan fingerprint density at radius 1 is 1.13 bits per heavy atom. The Morgan fingerprint density at radius 2 is 1.92 bits per heavy atom. The Labute approximate surface area is 226 Å². The fourth-order valence-electron chi connectivity index (χ4n) is 5.05. The standard InChI is InChI=1S/C31H31NO5S/c1-18-24(29(33)35-5)16-21(37-18)17-36-30(34)27-23-10-6-7-11-26(23)32-28-19(14-22-9-8-12-38-22)13-20(15-25(27)28)31(2,3)4/h6-12,14,16,20H,13,15,17H2,1-5H3. The fourth-order valence-corrected chi connectivity index (χ4v) is 5.73. The first kappa shape index (κ1) is 25.9. The van der Waals surface area contributed by atoms with Gasteiger partial charge in [-0.2, -0.15) is 0 Å². The molecule has 0 amide bonds. The van der Waals surface area contributed by atoms with Crippen molar-refractivity contribution in [3.05, 3.63) is 86.6 Å². The summed E-state index contributed by atoms with van der Waals surface area (Å²) in [4.78, 5) is 32.0. The van der Waals surface area contributed by atoms with Crippen LogP contribution in [-0.2, 0) is 22.5 Å². The van der Waals surface area contributed by atoms with E-state index in [1.54, 1.807) is 24.3 Å². The van der Waals surface area contributed by atoms with Crippen LogP contribution in [0.25, 0.3) is 22.6 Å². The molecule has 0 radical (unpaired) electrons. The molecule has 6 nitrogen and oxygen atoms in total. The molecule has 0 N–H and O–H groups in total. The minimum Gasteiger partial charge on any atom is -0.465 e. The first-order valence-electron chi connectivity index (χ1n) is 12.7. The van der Waals surface area contributed by atoms with Gasteiger partial charge < -0.3 is 13.9 Å². The van der Waals surface area contributed by atoms with Gasteiger partial charge in [-0.15, -0.1) is 11.3 Å². The lowest BCUT2D eigenvalue weighted by atomic mass is 9.69. The van der Waals surface area contributed by atoms with Crippen molar-refractivity contribution in [1.29, 1.82) is 0 Å². The molecule has 1 aliphatic carbocycles. The van der Waals surface area contributed by atoms with E-state index in [-0.39, 0.29) is 12.0 Å². The molecular weight excluding hydrogens is 498 g/mol. The lowest BCUT2D eigenvalue weighted by molar-refractivity contribution is 0.0443. The topological polar surface area (TPSA) is 78.6 Å². The molecule has 38 heavy (non-hydrogen) atoms. The first-order chi connectivity index (χ1) is 18.2. The lowest BCUT2D eigenvalue weighted by Crippen LogP contribution is -2.28. The number of hydrogen-bond donors (Lipinski definition) is 0. The molecule has 0 bridgehead atoms. The molecule has 1 atom stereocenters. The van der Waals surface area contributed by atoms with Crippen LogP contribution in [0.1, 0.15) is 75.6 Å². The van der Waals surface area contributed by atoms with Crippen LogP contribution in [0.2, 0.25) is 0 Å². The van der Waals surface area contributed by atoms with E-state index in [0.717, 1.165) is 45.5 Å². The highest BCUT2D eigenvalue weighted by Crippen LogP contribution is 2.45. The van der Waals surface area contributed by atoms with Gasteiger partial charge in [-0.3, -0.25) is 0 Å². The number of fused-ring (bicyclic) bond motifs is 2. The number of furan rings is 1. The van der Waals surface area contributed by atoms with Crippen LogP contribution in [-0.4, -0.2) is 24.0 Å². The third kappa shape index (κ3) is 5.03. The summed E-state index contributed by atoms with van der Waals surface area (Å²) in [6.07, 6.45) is 3.82. The molecule has 1 aromatic carbocycles. The second-order valence-corrected chi connectivity index (χ2v) is 11.7. The maximum absolute atomic E-state index is 13.8. The van der Waals surface area contributed by atoms with Gasteiger partial charge in [0.25, 0.3) is 0 Å². The molecule has 7 heteroatoms. The largest absolute Gasteiger partial charge is 0.465 e. The molecule has 0 fully saturated rings. The average Bonchev–Trinajstić information content (AvgIpc) is 3.54. The van der Waals surface area contributed by atoms with Crippen molar-refractivity contribution in [1.82, 2.24) is 4.98 Å². The van der Waals surface area contributed by atoms with Gasteiger partial charge in [0, 0.05) is 10.3 Å². The summed E-state index contributed by atoms with van der Waals surface area (Å²) < 4.78 is 16.3. The number of rotatable bonds is 5. The van der Waals surface area contributed by atoms with Crippen LogP contribution in [0.3, 0.4) is 0 Å². The van der Waals surface area contributed by atoms with Crippen molar-refractivity contribution in [3.63, 3.8) is 0 Å². The Balaban J connectivity index is 1.59. The van der Waals surface area contributed by atoms with Crippen molar-refractivity contribution in [2.45, 2.75) is 47.1 Å². The number of carbonyl (C=O) groups excluding carboxylic acids is 2. The van der Waals surface area contributed by atoms with Crippen LogP contribution in [0.5, 0.6) is 0 Å². The summed E-state index contributed by atoms with van der Waals surface area (Å²) in [5.74, 6) is 0.210. The van der Waals surface area contributed by atoms with Gasteiger partial charge in [-0.05, 0) is 71.9 Å². The van der Waals surface area contributed by atoms with E-state index in [9.17, 15) is 9.59 Å². The number of aryl methyl sites for hydroxylation is 1. The van der Waals surface area contributed by atoms with Crippen LogP contribution >= 0.6 is 11.3 Å². The summed E-state index contributed by atoms with van der Waals surface area (Å²) in [7, 11) is 1.32. The molecule has 4 aromatic rings. The number of nitrogens with zero attached hydrogens (tertiary/aromatic N) is 1. The number of pyridine rings is 1. The van der Waals surface area contributed by atoms with Gasteiger partial charge in [0.05, 0.1) is 23.9 Å². The molecule has 0 saturated carbocycles. The molecule has 5 rings (SSSR count). The number of esters is 2. The third-order valence-electron chi connectivity index (χ3n) is 7.22. The predicted octanol–water partition coefficient (Wildman–Crippen LogP) is 7.49. The molecular formula is C31H31NO5S. The smallest absolute Gasteiger partial charge is 0.341 e. The number of benzene rings is 1. The molecule has 3 aromatic heterocycles. The quantitative estimate of drug-likeness (QED) is 0.249.